The topological polar surface area (TPSA) is 72.8 Å². The van der Waals surface area contributed by atoms with Crippen molar-refractivity contribution >= 4 is 15.9 Å². The lowest BCUT2D eigenvalue weighted by Crippen LogP contribution is -2.15. The molecule has 0 radical (unpaired) electrons. The van der Waals surface area contributed by atoms with Crippen molar-refractivity contribution in [2.24, 2.45) is 13.0 Å². The third-order valence-corrected chi connectivity index (χ3v) is 3.95. The zero-order valence-corrected chi connectivity index (χ0v) is 14.4. The molecule has 0 amide bonds. The predicted molar refractivity (Wildman–Crippen MR) is 84.6 cm³/mol. The highest BCUT2D eigenvalue weighted by Gasteiger charge is 2.20. The Morgan fingerprint density at radius 1 is 1.43 bits per heavy atom. The summed E-state index contributed by atoms with van der Waals surface area (Å²) >= 11 is 3.32. The zero-order chi connectivity index (χ0) is 15.7. The van der Waals surface area contributed by atoms with Gasteiger partial charge >= 0.3 is 0 Å². The van der Waals surface area contributed by atoms with Crippen LogP contribution in [0.3, 0.4) is 0 Å². The molecule has 0 aliphatic carbocycles. The molecule has 0 saturated heterocycles. The van der Waals surface area contributed by atoms with Gasteiger partial charge in [0.25, 0.3) is 5.56 Å². The number of aromatic nitrogens is 4. The Morgan fingerprint density at radius 3 is 2.67 bits per heavy atom. The molecule has 0 atom stereocenters. The van der Waals surface area contributed by atoms with Crippen LogP contribution in [0, 0.1) is 12.8 Å². The standard InChI is InChI=1S/C14H19BrN4O2/c1-7(2)6-9-11(15)13(20)17-12(16-9)10-8(3)18-19(4)14(10)21-5/h7H,6H2,1-5H3,(H,16,17,20). The van der Waals surface area contributed by atoms with Crippen molar-refractivity contribution in [2.75, 3.05) is 7.11 Å². The second-order valence-electron chi connectivity index (χ2n) is 5.37. The van der Waals surface area contributed by atoms with Gasteiger partial charge in [-0.1, -0.05) is 13.8 Å². The fraction of sp³-hybridized carbons (Fsp3) is 0.500. The Bertz CT molecular complexity index is 718. The number of halogens is 1. The Labute approximate surface area is 131 Å². The van der Waals surface area contributed by atoms with Crippen molar-refractivity contribution in [3.05, 3.63) is 26.2 Å². The maximum atomic E-state index is 12.1. The van der Waals surface area contributed by atoms with Gasteiger partial charge in [0.2, 0.25) is 5.88 Å². The quantitative estimate of drug-likeness (QED) is 0.914. The largest absolute Gasteiger partial charge is 0.481 e. The van der Waals surface area contributed by atoms with E-state index in [2.05, 4.69) is 44.8 Å². The Hall–Kier alpha value is -1.63. The first-order chi connectivity index (χ1) is 9.85. The molecule has 2 aromatic heterocycles. The molecule has 0 unspecified atom stereocenters. The average Bonchev–Trinajstić information content (AvgIpc) is 2.68. The molecule has 0 aliphatic heterocycles. The summed E-state index contributed by atoms with van der Waals surface area (Å²) in [5.41, 5.74) is 2.03. The van der Waals surface area contributed by atoms with E-state index in [1.54, 1.807) is 18.8 Å². The number of aromatic amines is 1. The van der Waals surface area contributed by atoms with Gasteiger partial charge in [-0.2, -0.15) is 5.10 Å². The summed E-state index contributed by atoms with van der Waals surface area (Å²) in [5, 5.41) is 4.32. The summed E-state index contributed by atoms with van der Waals surface area (Å²) in [6.07, 6.45) is 0.721. The fourth-order valence-corrected chi connectivity index (χ4v) is 2.64. The number of rotatable bonds is 4. The van der Waals surface area contributed by atoms with Crippen LogP contribution in [0.5, 0.6) is 5.88 Å². The van der Waals surface area contributed by atoms with Gasteiger partial charge in [-0.3, -0.25) is 4.79 Å². The summed E-state index contributed by atoms with van der Waals surface area (Å²) in [4.78, 5) is 19.5. The first-order valence-electron chi connectivity index (χ1n) is 6.71. The number of ether oxygens (including phenoxy) is 1. The molecule has 0 aliphatic rings. The van der Waals surface area contributed by atoms with E-state index in [1.807, 2.05) is 6.92 Å². The zero-order valence-electron chi connectivity index (χ0n) is 12.8. The predicted octanol–water partition coefficient (Wildman–Crippen LogP) is 2.45. The summed E-state index contributed by atoms with van der Waals surface area (Å²) < 4.78 is 7.49. The highest BCUT2D eigenvalue weighted by molar-refractivity contribution is 9.10. The van der Waals surface area contributed by atoms with Crippen molar-refractivity contribution in [1.29, 1.82) is 0 Å². The summed E-state index contributed by atoms with van der Waals surface area (Å²) in [6, 6.07) is 0. The number of nitrogens with one attached hydrogen (secondary N) is 1. The van der Waals surface area contributed by atoms with Crippen LogP contribution in [-0.4, -0.2) is 26.9 Å². The van der Waals surface area contributed by atoms with Gasteiger partial charge in [0.05, 0.1) is 18.5 Å². The molecule has 0 spiro atoms. The van der Waals surface area contributed by atoms with E-state index in [9.17, 15) is 4.79 Å². The number of methoxy groups -OCH3 is 1. The van der Waals surface area contributed by atoms with Crippen molar-refractivity contribution < 1.29 is 4.74 Å². The van der Waals surface area contributed by atoms with Crippen LogP contribution in [0.15, 0.2) is 9.27 Å². The van der Waals surface area contributed by atoms with Gasteiger partial charge in [0.1, 0.15) is 15.9 Å². The molecule has 0 saturated carbocycles. The number of hydrogen-bond donors (Lipinski definition) is 1. The van der Waals surface area contributed by atoms with Crippen molar-refractivity contribution in [3.63, 3.8) is 0 Å². The molecule has 1 N–H and O–H groups in total. The molecular formula is C14H19BrN4O2. The minimum absolute atomic E-state index is 0.194. The maximum Gasteiger partial charge on any atom is 0.265 e. The molecule has 7 heteroatoms. The third kappa shape index (κ3) is 3.02. The SMILES string of the molecule is COc1c(-c2nc(CC(C)C)c(Br)c(=O)[nH]2)c(C)nn1C. The van der Waals surface area contributed by atoms with E-state index in [0.29, 0.717) is 22.1 Å². The molecule has 2 heterocycles. The molecule has 2 rings (SSSR count). The van der Waals surface area contributed by atoms with E-state index in [-0.39, 0.29) is 5.56 Å². The Balaban J connectivity index is 2.65. The molecular weight excluding hydrogens is 336 g/mol. The maximum absolute atomic E-state index is 12.1. The van der Waals surface area contributed by atoms with E-state index in [1.165, 1.54) is 0 Å². The molecule has 0 fully saturated rings. The molecule has 114 valence electrons. The van der Waals surface area contributed by atoms with E-state index < -0.39 is 0 Å². The van der Waals surface area contributed by atoms with Crippen LogP contribution >= 0.6 is 15.9 Å². The number of nitrogens with zero attached hydrogens (tertiary/aromatic N) is 3. The highest BCUT2D eigenvalue weighted by atomic mass is 79.9. The van der Waals surface area contributed by atoms with E-state index in [0.717, 1.165) is 23.4 Å². The first kappa shape index (κ1) is 15.8. The van der Waals surface area contributed by atoms with Gasteiger partial charge in [0.15, 0.2) is 0 Å². The smallest absolute Gasteiger partial charge is 0.265 e. The lowest BCUT2D eigenvalue weighted by Gasteiger charge is -2.09. The third-order valence-electron chi connectivity index (χ3n) is 3.13. The van der Waals surface area contributed by atoms with E-state index >= 15 is 0 Å². The van der Waals surface area contributed by atoms with Gasteiger partial charge in [-0.15, -0.1) is 0 Å². The van der Waals surface area contributed by atoms with Crippen LogP contribution < -0.4 is 10.3 Å². The summed E-state index contributed by atoms with van der Waals surface area (Å²) in [5.74, 6) is 1.47. The van der Waals surface area contributed by atoms with Crippen molar-refractivity contribution in [3.8, 4) is 17.3 Å². The van der Waals surface area contributed by atoms with Gasteiger partial charge in [-0.25, -0.2) is 9.67 Å². The second-order valence-corrected chi connectivity index (χ2v) is 6.16. The normalized spacial score (nSPS) is 11.2. The lowest BCUT2D eigenvalue weighted by molar-refractivity contribution is 0.374. The van der Waals surface area contributed by atoms with Crippen LogP contribution in [0.1, 0.15) is 25.2 Å². The summed E-state index contributed by atoms with van der Waals surface area (Å²) in [7, 11) is 3.37. The van der Waals surface area contributed by atoms with Gasteiger partial charge in [-0.05, 0) is 35.2 Å². The Kier molecular flexibility index (Phi) is 4.51. The van der Waals surface area contributed by atoms with Gasteiger partial charge < -0.3 is 9.72 Å². The average molecular weight is 355 g/mol. The van der Waals surface area contributed by atoms with Crippen molar-refractivity contribution in [1.82, 2.24) is 19.7 Å². The number of aryl methyl sites for hydroxylation is 2. The van der Waals surface area contributed by atoms with Crippen LogP contribution in [0.25, 0.3) is 11.4 Å². The Morgan fingerprint density at radius 2 is 2.10 bits per heavy atom. The molecule has 2 aromatic rings. The number of hydrogen-bond acceptors (Lipinski definition) is 4. The van der Waals surface area contributed by atoms with E-state index in [4.69, 9.17) is 4.74 Å². The van der Waals surface area contributed by atoms with Crippen LogP contribution in [-0.2, 0) is 13.5 Å². The van der Waals surface area contributed by atoms with Gasteiger partial charge in [0, 0.05) is 7.05 Å². The van der Waals surface area contributed by atoms with Crippen molar-refractivity contribution in [2.45, 2.75) is 27.2 Å². The highest BCUT2D eigenvalue weighted by Crippen LogP contribution is 2.30. The number of H-pyrrole nitrogens is 1. The molecule has 21 heavy (non-hydrogen) atoms. The molecule has 6 nitrogen and oxygen atoms in total. The lowest BCUT2D eigenvalue weighted by atomic mass is 10.1. The fourth-order valence-electron chi connectivity index (χ4n) is 2.29. The minimum Gasteiger partial charge on any atom is -0.481 e. The monoisotopic (exact) mass is 354 g/mol. The molecule has 0 aromatic carbocycles. The molecule has 0 bridgehead atoms. The second kappa shape index (κ2) is 6.01. The first-order valence-corrected chi connectivity index (χ1v) is 7.51. The van der Waals surface area contributed by atoms with Crippen LogP contribution in [0.4, 0.5) is 0 Å². The summed E-state index contributed by atoms with van der Waals surface area (Å²) in [6.45, 7) is 6.04. The van der Waals surface area contributed by atoms with Crippen LogP contribution in [0.2, 0.25) is 0 Å². The minimum atomic E-state index is -0.194.